The Bertz CT molecular complexity index is 263. The molecule has 0 bridgehead atoms. The van der Waals surface area contributed by atoms with Crippen molar-refractivity contribution < 1.29 is 4.79 Å². The van der Waals surface area contributed by atoms with Gasteiger partial charge in [0.1, 0.15) is 0 Å². The van der Waals surface area contributed by atoms with Crippen LogP contribution in [0.25, 0.3) is 0 Å². The van der Waals surface area contributed by atoms with Gasteiger partial charge in [0, 0.05) is 12.1 Å². The Hall–Kier alpha value is -0.610. The Morgan fingerprint density at radius 1 is 1.29 bits per heavy atom. The quantitative estimate of drug-likeness (QED) is 0.678. The van der Waals surface area contributed by atoms with Crippen molar-refractivity contribution in [2.75, 3.05) is 6.54 Å². The maximum absolute atomic E-state index is 11.1. The molecule has 0 spiro atoms. The van der Waals surface area contributed by atoms with Gasteiger partial charge in [0.15, 0.2) is 0 Å². The lowest BCUT2D eigenvalue weighted by molar-refractivity contribution is -0.119. The summed E-state index contributed by atoms with van der Waals surface area (Å²) in [6.07, 6.45) is 7.66. The summed E-state index contributed by atoms with van der Waals surface area (Å²) in [5.41, 5.74) is 5.32. The largest absolute Gasteiger partial charge is 0.368 e. The Morgan fingerprint density at radius 2 is 2.12 bits per heavy atom. The highest BCUT2D eigenvalue weighted by molar-refractivity contribution is 5.79. The number of carbonyl (C=O) groups is 1. The molecule has 1 aliphatic carbocycles. The highest BCUT2D eigenvalue weighted by atomic mass is 16.1. The van der Waals surface area contributed by atoms with Crippen molar-refractivity contribution in [3.8, 4) is 0 Å². The van der Waals surface area contributed by atoms with E-state index in [2.05, 4.69) is 10.6 Å². The van der Waals surface area contributed by atoms with Crippen LogP contribution in [0.3, 0.4) is 0 Å². The summed E-state index contributed by atoms with van der Waals surface area (Å²) in [6, 6.07) is 0.904. The topological polar surface area (TPSA) is 67.2 Å². The minimum Gasteiger partial charge on any atom is -0.368 e. The van der Waals surface area contributed by atoms with Gasteiger partial charge in [-0.2, -0.15) is 0 Å². The molecule has 4 N–H and O–H groups in total. The van der Waals surface area contributed by atoms with E-state index in [1.807, 2.05) is 6.92 Å². The number of nitrogens with one attached hydrogen (secondary N) is 2. The second kappa shape index (κ2) is 5.83. The molecule has 1 saturated carbocycles. The van der Waals surface area contributed by atoms with E-state index in [0.29, 0.717) is 18.0 Å². The Labute approximate surface area is 104 Å². The molecular weight excluding hydrogens is 214 g/mol. The van der Waals surface area contributed by atoms with Crippen LogP contribution in [-0.4, -0.2) is 30.6 Å². The van der Waals surface area contributed by atoms with Gasteiger partial charge in [-0.05, 0) is 45.1 Å². The number of amides is 1. The zero-order chi connectivity index (χ0) is 12.3. The molecule has 4 atom stereocenters. The van der Waals surface area contributed by atoms with Crippen molar-refractivity contribution in [1.82, 2.24) is 10.6 Å². The molecule has 0 radical (unpaired) electrons. The van der Waals surface area contributed by atoms with Crippen molar-refractivity contribution in [2.24, 2.45) is 11.7 Å². The van der Waals surface area contributed by atoms with E-state index in [4.69, 9.17) is 5.73 Å². The molecule has 1 amide bonds. The van der Waals surface area contributed by atoms with Gasteiger partial charge in [-0.3, -0.25) is 4.79 Å². The molecule has 0 aromatic rings. The first kappa shape index (κ1) is 12.8. The summed E-state index contributed by atoms with van der Waals surface area (Å²) < 4.78 is 0. The molecule has 1 heterocycles. The second-order valence-corrected chi connectivity index (χ2v) is 5.55. The summed E-state index contributed by atoms with van der Waals surface area (Å²) >= 11 is 0. The van der Waals surface area contributed by atoms with Crippen LogP contribution in [0.1, 0.15) is 45.4 Å². The molecule has 2 rings (SSSR count). The number of piperidine rings is 1. The number of nitrogens with two attached hydrogens (primary N) is 1. The number of carbonyl (C=O) groups excluding carboxylic acids is 1. The molecule has 17 heavy (non-hydrogen) atoms. The third-order valence-corrected chi connectivity index (χ3v) is 4.33. The Morgan fingerprint density at radius 3 is 2.76 bits per heavy atom. The lowest BCUT2D eigenvalue weighted by atomic mass is 9.88. The summed E-state index contributed by atoms with van der Waals surface area (Å²) in [6.45, 7) is 3.02. The third-order valence-electron chi connectivity index (χ3n) is 4.33. The average molecular weight is 239 g/mol. The zero-order valence-corrected chi connectivity index (χ0v) is 10.7. The van der Waals surface area contributed by atoms with E-state index in [0.717, 1.165) is 6.54 Å². The first-order valence-corrected chi connectivity index (χ1v) is 6.97. The molecule has 1 saturated heterocycles. The lowest BCUT2D eigenvalue weighted by Crippen LogP contribution is -2.51. The maximum Gasteiger partial charge on any atom is 0.234 e. The van der Waals surface area contributed by atoms with Gasteiger partial charge < -0.3 is 16.4 Å². The minimum atomic E-state index is -0.243. The molecule has 2 aliphatic rings. The summed E-state index contributed by atoms with van der Waals surface area (Å²) in [4.78, 5) is 11.1. The summed E-state index contributed by atoms with van der Waals surface area (Å²) in [7, 11) is 0. The van der Waals surface area contributed by atoms with Gasteiger partial charge in [0.2, 0.25) is 5.91 Å². The van der Waals surface area contributed by atoms with Crippen LogP contribution in [0, 0.1) is 5.92 Å². The molecule has 2 fully saturated rings. The molecule has 4 nitrogen and oxygen atoms in total. The molecule has 0 aromatic heterocycles. The van der Waals surface area contributed by atoms with Gasteiger partial charge in [-0.25, -0.2) is 0 Å². The molecule has 4 heteroatoms. The molecule has 1 aliphatic heterocycles. The van der Waals surface area contributed by atoms with Crippen molar-refractivity contribution in [3.05, 3.63) is 0 Å². The predicted molar refractivity (Wildman–Crippen MR) is 68.6 cm³/mol. The number of hydrogen-bond donors (Lipinski definition) is 3. The maximum atomic E-state index is 11.1. The summed E-state index contributed by atoms with van der Waals surface area (Å²) in [5, 5.41) is 7.05. The fourth-order valence-corrected chi connectivity index (χ4v) is 3.32. The van der Waals surface area contributed by atoms with Gasteiger partial charge >= 0.3 is 0 Å². The lowest BCUT2D eigenvalue weighted by Gasteiger charge is -2.34. The van der Waals surface area contributed by atoms with Crippen LogP contribution in [0.15, 0.2) is 0 Å². The van der Waals surface area contributed by atoms with Crippen LogP contribution in [0.4, 0.5) is 0 Å². The smallest absolute Gasteiger partial charge is 0.234 e. The van der Waals surface area contributed by atoms with E-state index in [-0.39, 0.29) is 11.9 Å². The highest BCUT2D eigenvalue weighted by Gasteiger charge is 2.35. The van der Waals surface area contributed by atoms with Crippen molar-refractivity contribution >= 4 is 5.91 Å². The van der Waals surface area contributed by atoms with Crippen LogP contribution >= 0.6 is 0 Å². The van der Waals surface area contributed by atoms with Gasteiger partial charge in [-0.1, -0.05) is 12.8 Å². The predicted octanol–water partition coefficient (Wildman–Crippen LogP) is 0.761. The van der Waals surface area contributed by atoms with Crippen LogP contribution in [0.2, 0.25) is 0 Å². The van der Waals surface area contributed by atoms with E-state index in [1.165, 1.54) is 38.5 Å². The monoisotopic (exact) mass is 239 g/mol. The van der Waals surface area contributed by atoms with Crippen LogP contribution < -0.4 is 16.4 Å². The molecular formula is C13H25N3O. The average Bonchev–Trinajstić information content (AvgIpc) is 2.78. The third kappa shape index (κ3) is 3.19. The molecule has 98 valence electrons. The zero-order valence-electron chi connectivity index (χ0n) is 10.7. The first-order valence-electron chi connectivity index (χ1n) is 6.97. The van der Waals surface area contributed by atoms with Crippen LogP contribution in [0.5, 0.6) is 0 Å². The number of rotatable bonds is 4. The second-order valence-electron chi connectivity index (χ2n) is 5.55. The van der Waals surface area contributed by atoms with Gasteiger partial charge in [-0.15, -0.1) is 0 Å². The van der Waals surface area contributed by atoms with Crippen molar-refractivity contribution in [2.45, 2.75) is 63.6 Å². The standard InChI is InChI=1S/C13H25N3O/c1-9(13(14)17)16-12-7-4-5-10(12)11-6-2-3-8-15-11/h9-12,15-16H,2-8H2,1H3,(H2,14,17). The van der Waals surface area contributed by atoms with E-state index < -0.39 is 0 Å². The van der Waals surface area contributed by atoms with Crippen molar-refractivity contribution in [1.29, 1.82) is 0 Å². The first-order chi connectivity index (χ1) is 8.18. The Kier molecular flexibility index (Phi) is 4.40. The number of hydrogen-bond acceptors (Lipinski definition) is 3. The molecule has 0 aromatic carbocycles. The normalized spacial score (nSPS) is 35.7. The highest BCUT2D eigenvalue weighted by Crippen LogP contribution is 2.31. The van der Waals surface area contributed by atoms with E-state index in [9.17, 15) is 4.79 Å². The fourth-order valence-electron chi connectivity index (χ4n) is 3.32. The summed E-state index contributed by atoms with van der Waals surface area (Å²) in [5.74, 6) is 0.435. The van der Waals surface area contributed by atoms with Gasteiger partial charge in [0.05, 0.1) is 6.04 Å². The van der Waals surface area contributed by atoms with Crippen LogP contribution in [-0.2, 0) is 4.79 Å². The molecule has 4 unspecified atom stereocenters. The fraction of sp³-hybridized carbons (Fsp3) is 0.923. The van der Waals surface area contributed by atoms with E-state index >= 15 is 0 Å². The SMILES string of the molecule is CC(NC1CCCC1C1CCCCN1)C(N)=O. The minimum absolute atomic E-state index is 0.204. The Balaban J connectivity index is 1.89. The number of primary amides is 1. The van der Waals surface area contributed by atoms with Crippen molar-refractivity contribution in [3.63, 3.8) is 0 Å². The van der Waals surface area contributed by atoms with Gasteiger partial charge in [0.25, 0.3) is 0 Å². The van der Waals surface area contributed by atoms with E-state index in [1.54, 1.807) is 0 Å².